The smallest absolute Gasteiger partial charge is 0.187 e. The molecule has 15 heavy (non-hydrogen) atoms. The van der Waals surface area contributed by atoms with E-state index in [-0.39, 0.29) is 16.4 Å². The Balaban J connectivity index is 2.62. The van der Waals surface area contributed by atoms with E-state index in [4.69, 9.17) is 11.6 Å². The van der Waals surface area contributed by atoms with Crippen LogP contribution in [0, 0.1) is 11.6 Å². The van der Waals surface area contributed by atoms with Crippen LogP contribution < -0.4 is 0 Å². The van der Waals surface area contributed by atoms with Crippen molar-refractivity contribution in [3.05, 3.63) is 35.1 Å². The first-order valence-electron chi connectivity index (χ1n) is 4.08. The van der Waals surface area contributed by atoms with Crippen LogP contribution in [0.3, 0.4) is 0 Å². The van der Waals surface area contributed by atoms with E-state index in [9.17, 15) is 8.78 Å². The van der Waals surface area contributed by atoms with Gasteiger partial charge in [0.1, 0.15) is 18.0 Å². The molecule has 0 aliphatic rings. The minimum absolute atomic E-state index is 0.00386. The van der Waals surface area contributed by atoms with Crippen LogP contribution in [0.1, 0.15) is 0 Å². The highest BCUT2D eigenvalue weighted by Gasteiger charge is 2.16. The van der Waals surface area contributed by atoms with Crippen LogP contribution >= 0.6 is 11.6 Å². The van der Waals surface area contributed by atoms with Crippen molar-refractivity contribution < 1.29 is 8.78 Å². The molecule has 2 aromatic rings. The molecule has 0 radical (unpaired) electrons. The molecule has 78 valence electrons. The number of hydrogen-bond acceptors (Lipinski definition) is 2. The van der Waals surface area contributed by atoms with Crippen molar-refractivity contribution in [1.29, 1.82) is 0 Å². The van der Waals surface area contributed by atoms with Crippen LogP contribution in [0.4, 0.5) is 8.78 Å². The molecular weight excluding hydrogens is 224 g/mol. The lowest BCUT2D eigenvalue weighted by atomic mass is 10.2. The van der Waals surface area contributed by atoms with Gasteiger partial charge in [-0.15, -0.1) is 0 Å². The molecule has 0 aliphatic carbocycles. The predicted molar refractivity (Wildman–Crippen MR) is 51.4 cm³/mol. The summed E-state index contributed by atoms with van der Waals surface area (Å²) in [7, 11) is 1.61. The van der Waals surface area contributed by atoms with Gasteiger partial charge < -0.3 is 0 Å². The fraction of sp³-hybridized carbons (Fsp3) is 0.111. The van der Waals surface area contributed by atoms with Gasteiger partial charge >= 0.3 is 0 Å². The molecule has 0 amide bonds. The van der Waals surface area contributed by atoms with Crippen molar-refractivity contribution in [2.75, 3.05) is 0 Å². The summed E-state index contributed by atoms with van der Waals surface area (Å²) >= 11 is 5.49. The van der Waals surface area contributed by atoms with Gasteiger partial charge in [-0.2, -0.15) is 5.10 Å². The summed E-state index contributed by atoms with van der Waals surface area (Å²) in [6.45, 7) is 0. The fourth-order valence-electron chi connectivity index (χ4n) is 1.21. The largest absolute Gasteiger partial charge is 0.255 e. The fourth-order valence-corrected chi connectivity index (χ4v) is 1.40. The number of nitrogens with zero attached hydrogens (tertiary/aromatic N) is 3. The molecule has 0 bridgehead atoms. The third kappa shape index (κ3) is 1.83. The van der Waals surface area contributed by atoms with Gasteiger partial charge in [0.25, 0.3) is 0 Å². The van der Waals surface area contributed by atoms with Crippen LogP contribution in [0.15, 0.2) is 18.5 Å². The van der Waals surface area contributed by atoms with E-state index < -0.39 is 11.6 Å². The van der Waals surface area contributed by atoms with Gasteiger partial charge in [0.15, 0.2) is 5.82 Å². The lowest BCUT2D eigenvalue weighted by molar-refractivity contribution is 0.587. The molecule has 0 spiro atoms. The van der Waals surface area contributed by atoms with E-state index in [0.717, 1.165) is 12.1 Å². The normalized spacial score (nSPS) is 10.7. The summed E-state index contributed by atoms with van der Waals surface area (Å²) in [5, 5.41) is 3.82. The highest BCUT2D eigenvalue weighted by molar-refractivity contribution is 6.30. The van der Waals surface area contributed by atoms with Crippen molar-refractivity contribution in [3.63, 3.8) is 0 Å². The maximum atomic E-state index is 13.4. The monoisotopic (exact) mass is 229 g/mol. The SMILES string of the molecule is Cn1cnc(-c2c(F)cc(Cl)cc2F)n1. The Morgan fingerprint density at radius 1 is 1.27 bits per heavy atom. The zero-order valence-corrected chi connectivity index (χ0v) is 8.46. The zero-order valence-electron chi connectivity index (χ0n) is 7.71. The van der Waals surface area contributed by atoms with Crippen LogP contribution in [0.25, 0.3) is 11.4 Å². The number of aromatic nitrogens is 3. The van der Waals surface area contributed by atoms with Gasteiger partial charge in [-0.3, -0.25) is 4.68 Å². The van der Waals surface area contributed by atoms with Crippen molar-refractivity contribution in [3.8, 4) is 11.4 Å². The lowest BCUT2D eigenvalue weighted by Gasteiger charge is -2.00. The maximum Gasteiger partial charge on any atom is 0.187 e. The van der Waals surface area contributed by atoms with E-state index >= 15 is 0 Å². The Labute approximate surface area is 89.3 Å². The van der Waals surface area contributed by atoms with Crippen LogP contribution in [-0.2, 0) is 7.05 Å². The molecule has 0 atom stereocenters. The first kappa shape index (κ1) is 10.0. The number of rotatable bonds is 1. The molecule has 1 aromatic heterocycles. The first-order chi connectivity index (χ1) is 7.08. The minimum Gasteiger partial charge on any atom is -0.255 e. The molecule has 3 nitrogen and oxygen atoms in total. The zero-order chi connectivity index (χ0) is 11.0. The molecule has 6 heteroatoms. The van der Waals surface area contributed by atoms with E-state index in [0.29, 0.717) is 0 Å². The quantitative estimate of drug-likeness (QED) is 0.752. The molecule has 2 rings (SSSR count). The van der Waals surface area contributed by atoms with Gasteiger partial charge in [0, 0.05) is 12.1 Å². The molecule has 0 saturated heterocycles. The van der Waals surface area contributed by atoms with Gasteiger partial charge in [0.2, 0.25) is 0 Å². The molecule has 1 aromatic carbocycles. The summed E-state index contributed by atoms with van der Waals surface area (Å²) in [5.41, 5.74) is -0.264. The van der Waals surface area contributed by atoms with Gasteiger partial charge in [-0.1, -0.05) is 11.6 Å². The first-order valence-corrected chi connectivity index (χ1v) is 4.46. The third-order valence-corrected chi connectivity index (χ3v) is 2.05. The Morgan fingerprint density at radius 2 is 1.87 bits per heavy atom. The van der Waals surface area contributed by atoms with Gasteiger partial charge in [-0.05, 0) is 12.1 Å². The number of aryl methyl sites for hydroxylation is 1. The Morgan fingerprint density at radius 3 is 2.33 bits per heavy atom. The standard InChI is InChI=1S/C9H6ClF2N3/c1-15-4-13-9(14-15)8-6(11)2-5(10)3-7(8)12/h2-4H,1H3. The molecule has 0 saturated carbocycles. The van der Waals surface area contributed by atoms with Gasteiger partial charge in [-0.25, -0.2) is 13.8 Å². The second-order valence-electron chi connectivity index (χ2n) is 2.99. The number of benzene rings is 1. The molecular formula is C9H6ClF2N3. The summed E-state index contributed by atoms with van der Waals surface area (Å²) in [6.07, 6.45) is 1.36. The Bertz CT molecular complexity index is 487. The molecule has 0 N–H and O–H groups in total. The van der Waals surface area contributed by atoms with Crippen LogP contribution in [-0.4, -0.2) is 14.8 Å². The maximum absolute atomic E-state index is 13.4. The topological polar surface area (TPSA) is 30.7 Å². The van der Waals surface area contributed by atoms with E-state index in [1.165, 1.54) is 11.0 Å². The van der Waals surface area contributed by atoms with E-state index in [1.54, 1.807) is 7.05 Å². The van der Waals surface area contributed by atoms with Crippen LogP contribution in [0.2, 0.25) is 5.02 Å². The molecule has 1 heterocycles. The second kappa shape index (κ2) is 3.58. The molecule has 0 unspecified atom stereocenters. The van der Waals surface area contributed by atoms with E-state index in [1.807, 2.05) is 0 Å². The summed E-state index contributed by atoms with van der Waals surface area (Å²) in [6, 6.07) is 2.05. The van der Waals surface area contributed by atoms with Crippen molar-refractivity contribution >= 4 is 11.6 Å². The molecule has 0 fully saturated rings. The average Bonchev–Trinajstić information content (AvgIpc) is 2.49. The van der Waals surface area contributed by atoms with Crippen molar-refractivity contribution in [1.82, 2.24) is 14.8 Å². The second-order valence-corrected chi connectivity index (χ2v) is 3.42. The molecule has 0 aliphatic heterocycles. The number of hydrogen-bond donors (Lipinski definition) is 0. The lowest BCUT2D eigenvalue weighted by Crippen LogP contribution is -1.94. The Kier molecular flexibility index (Phi) is 2.40. The Hall–Kier alpha value is -1.49. The number of halogens is 3. The third-order valence-electron chi connectivity index (χ3n) is 1.83. The predicted octanol–water partition coefficient (Wildman–Crippen LogP) is 2.41. The minimum atomic E-state index is -0.772. The van der Waals surface area contributed by atoms with Crippen LogP contribution in [0.5, 0.6) is 0 Å². The average molecular weight is 230 g/mol. The highest BCUT2D eigenvalue weighted by Crippen LogP contribution is 2.25. The van der Waals surface area contributed by atoms with Crippen molar-refractivity contribution in [2.45, 2.75) is 0 Å². The summed E-state index contributed by atoms with van der Waals surface area (Å²) in [5.74, 6) is -1.54. The summed E-state index contributed by atoms with van der Waals surface area (Å²) < 4.78 is 28.1. The summed E-state index contributed by atoms with van der Waals surface area (Å²) in [4.78, 5) is 3.77. The van der Waals surface area contributed by atoms with E-state index in [2.05, 4.69) is 10.1 Å². The van der Waals surface area contributed by atoms with Gasteiger partial charge in [0.05, 0.1) is 5.56 Å². The highest BCUT2D eigenvalue weighted by atomic mass is 35.5. The van der Waals surface area contributed by atoms with Crippen molar-refractivity contribution in [2.24, 2.45) is 7.05 Å².